The van der Waals surface area contributed by atoms with Gasteiger partial charge in [-0.25, -0.2) is 18.1 Å². The Bertz CT molecular complexity index is 1030. The largest absolute Gasteiger partial charge is 0.372 e. The second-order valence-corrected chi connectivity index (χ2v) is 7.15. The van der Waals surface area contributed by atoms with Crippen molar-refractivity contribution in [1.82, 2.24) is 14.7 Å². The molecule has 0 radical (unpaired) electrons. The van der Waals surface area contributed by atoms with Gasteiger partial charge in [0.05, 0.1) is 10.4 Å². The lowest BCUT2D eigenvalue weighted by molar-refractivity contribution is 0.584. The van der Waals surface area contributed by atoms with E-state index in [9.17, 15) is 8.42 Å². The fourth-order valence-corrected chi connectivity index (χ4v) is 3.98. The van der Waals surface area contributed by atoms with E-state index < -0.39 is 10.0 Å². The molecule has 0 aliphatic heterocycles. The summed E-state index contributed by atoms with van der Waals surface area (Å²) in [5, 5.41) is 3.80. The van der Waals surface area contributed by atoms with Crippen molar-refractivity contribution in [1.29, 1.82) is 0 Å². The van der Waals surface area contributed by atoms with Crippen LogP contribution in [0.5, 0.6) is 0 Å². The van der Waals surface area contributed by atoms with Gasteiger partial charge in [-0.1, -0.05) is 31.2 Å². The first-order valence-corrected chi connectivity index (χ1v) is 9.28. The first-order valence-electron chi connectivity index (χ1n) is 7.80. The molecule has 0 saturated carbocycles. The maximum absolute atomic E-state index is 12.5. The summed E-state index contributed by atoms with van der Waals surface area (Å²) in [5.74, 6) is 0.783. The molecule has 25 heavy (non-hydrogen) atoms. The fraction of sp³-hybridized carbons (Fsp3) is 0.176. The second-order valence-electron chi connectivity index (χ2n) is 5.41. The molecule has 7 nitrogen and oxygen atoms in total. The minimum absolute atomic E-state index is 0.155. The summed E-state index contributed by atoms with van der Waals surface area (Å²) < 4.78 is 27.5. The van der Waals surface area contributed by atoms with Crippen LogP contribution in [0.3, 0.4) is 0 Å². The molecule has 3 aromatic rings. The van der Waals surface area contributed by atoms with Gasteiger partial charge in [0.2, 0.25) is 16.0 Å². The van der Waals surface area contributed by atoms with Gasteiger partial charge in [-0.3, -0.25) is 0 Å². The topological polar surface area (TPSA) is 110 Å². The van der Waals surface area contributed by atoms with Crippen molar-refractivity contribution >= 4 is 32.7 Å². The molecule has 0 saturated heterocycles. The number of hydrogen-bond acceptors (Lipinski definition) is 6. The molecule has 3 rings (SSSR count). The van der Waals surface area contributed by atoms with E-state index >= 15 is 0 Å². The van der Waals surface area contributed by atoms with E-state index in [1.54, 1.807) is 38.2 Å². The Balaban J connectivity index is 2.21. The van der Waals surface area contributed by atoms with Crippen LogP contribution in [0.25, 0.3) is 22.0 Å². The summed E-state index contributed by atoms with van der Waals surface area (Å²) in [5.41, 5.74) is 7.75. The van der Waals surface area contributed by atoms with Crippen LogP contribution < -0.4 is 15.8 Å². The van der Waals surface area contributed by atoms with Crippen LogP contribution in [0.15, 0.2) is 47.4 Å². The summed E-state index contributed by atoms with van der Waals surface area (Å²) in [6.07, 6.45) is 0. The quantitative estimate of drug-likeness (QED) is 0.646. The Labute approximate surface area is 146 Å². The summed E-state index contributed by atoms with van der Waals surface area (Å²) >= 11 is 0. The van der Waals surface area contributed by atoms with Gasteiger partial charge < -0.3 is 11.1 Å². The van der Waals surface area contributed by atoms with E-state index in [0.29, 0.717) is 23.4 Å². The number of nitrogens with zero attached hydrogens (tertiary/aromatic N) is 2. The van der Waals surface area contributed by atoms with Gasteiger partial charge in [0, 0.05) is 24.5 Å². The Hall–Kier alpha value is -2.71. The SMILES string of the molecule is CCNS(=O)(=O)c1ccccc1-c1ccc2c(NC)nc(N)nc2c1. The van der Waals surface area contributed by atoms with Gasteiger partial charge in [-0.15, -0.1) is 0 Å². The van der Waals surface area contributed by atoms with E-state index in [0.717, 1.165) is 10.9 Å². The lowest BCUT2D eigenvalue weighted by atomic mass is 10.0. The number of nitrogens with one attached hydrogen (secondary N) is 2. The van der Waals surface area contributed by atoms with E-state index in [4.69, 9.17) is 5.73 Å². The highest BCUT2D eigenvalue weighted by molar-refractivity contribution is 7.89. The van der Waals surface area contributed by atoms with Crippen molar-refractivity contribution in [2.24, 2.45) is 0 Å². The van der Waals surface area contributed by atoms with Crippen LogP contribution >= 0.6 is 0 Å². The van der Waals surface area contributed by atoms with Gasteiger partial charge in [-0.05, 0) is 23.8 Å². The summed E-state index contributed by atoms with van der Waals surface area (Å²) in [4.78, 5) is 8.64. The minimum Gasteiger partial charge on any atom is -0.372 e. The molecule has 0 bridgehead atoms. The number of rotatable bonds is 5. The van der Waals surface area contributed by atoms with Gasteiger partial charge in [0.1, 0.15) is 5.82 Å². The van der Waals surface area contributed by atoms with Crippen LogP contribution in [0.1, 0.15) is 6.92 Å². The van der Waals surface area contributed by atoms with E-state index in [1.807, 2.05) is 18.2 Å². The number of nitrogen functional groups attached to an aromatic ring is 1. The zero-order chi connectivity index (χ0) is 18.0. The normalized spacial score (nSPS) is 11.6. The molecular formula is C17H19N5O2S. The highest BCUT2D eigenvalue weighted by Gasteiger charge is 2.18. The average molecular weight is 357 g/mol. The Morgan fingerprint density at radius 1 is 1.12 bits per heavy atom. The van der Waals surface area contributed by atoms with Crippen molar-refractivity contribution < 1.29 is 8.42 Å². The number of nitrogens with two attached hydrogens (primary N) is 1. The Morgan fingerprint density at radius 3 is 2.60 bits per heavy atom. The lowest BCUT2D eigenvalue weighted by Gasteiger charge is -2.12. The van der Waals surface area contributed by atoms with Gasteiger partial charge in [0.25, 0.3) is 0 Å². The fourth-order valence-electron chi connectivity index (χ4n) is 2.71. The molecule has 0 aliphatic rings. The smallest absolute Gasteiger partial charge is 0.241 e. The van der Waals surface area contributed by atoms with E-state index in [1.165, 1.54) is 0 Å². The van der Waals surface area contributed by atoms with Gasteiger partial charge >= 0.3 is 0 Å². The Morgan fingerprint density at radius 2 is 1.88 bits per heavy atom. The lowest BCUT2D eigenvalue weighted by Crippen LogP contribution is -2.23. The standard InChI is InChI=1S/C17H19N5O2S/c1-3-20-25(23,24)15-7-5-4-6-12(15)11-8-9-13-14(10-11)21-17(18)22-16(13)19-2/h4-10,20H,3H2,1-2H3,(H3,18,19,21,22). The predicted octanol–water partition coefficient (Wildman–Crippen LogP) is 2.22. The van der Waals surface area contributed by atoms with Crippen molar-refractivity contribution in [3.05, 3.63) is 42.5 Å². The van der Waals surface area contributed by atoms with Gasteiger partial charge in [0.15, 0.2) is 0 Å². The average Bonchev–Trinajstić information content (AvgIpc) is 2.60. The Kier molecular flexibility index (Phi) is 4.56. The number of aromatic nitrogens is 2. The van der Waals surface area contributed by atoms with Crippen molar-refractivity contribution in [3.63, 3.8) is 0 Å². The van der Waals surface area contributed by atoms with E-state index in [-0.39, 0.29) is 10.8 Å². The molecule has 130 valence electrons. The molecule has 0 aliphatic carbocycles. The molecule has 0 atom stereocenters. The highest BCUT2D eigenvalue weighted by Crippen LogP contribution is 2.31. The molecule has 4 N–H and O–H groups in total. The minimum atomic E-state index is -3.58. The molecule has 2 aromatic carbocycles. The third kappa shape index (κ3) is 3.26. The summed E-state index contributed by atoms with van der Waals surface area (Å²) in [7, 11) is -1.83. The molecular weight excluding hydrogens is 338 g/mol. The molecule has 8 heteroatoms. The monoisotopic (exact) mass is 357 g/mol. The number of hydrogen-bond donors (Lipinski definition) is 3. The number of benzene rings is 2. The zero-order valence-electron chi connectivity index (χ0n) is 13.9. The van der Waals surface area contributed by atoms with Crippen molar-refractivity contribution in [2.75, 3.05) is 24.6 Å². The zero-order valence-corrected chi connectivity index (χ0v) is 14.8. The van der Waals surface area contributed by atoms with Crippen LogP contribution in [0.2, 0.25) is 0 Å². The first kappa shape index (κ1) is 17.1. The molecule has 0 unspecified atom stereocenters. The third-order valence-corrected chi connectivity index (χ3v) is 5.38. The van der Waals surface area contributed by atoms with Crippen molar-refractivity contribution in [3.8, 4) is 11.1 Å². The summed E-state index contributed by atoms with van der Waals surface area (Å²) in [6.45, 7) is 2.07. The van der Waals surface area contributed by atoms with Crippen LogP contribution in [0, 0.1) is 0 Å². The molecule has 1 heterocycles. The van der Waals surface area contributed by atoms with Crippen LogP contribution in [-0.4, -0.2) is 32.0 Å². The first-order chi connectivity index (χ1) is 12.0. The van der Waals surface area contributed by atoms with Crippen LogP contribution in [0.4, 0.5) is 11.8 Å². The van der Waals surface area contributed by atoms with Crippen molar-refractivity contribution in [2.45, 2.75) is 11.8 Å². The van der Waals surface area contributed by atoms with E-state index in [2.05, 4.69) is 20.0 Å². The number of anilines is 2. The van der Waals surface area contributed by atoms with Gasteiger partial charge in [-0.2, -0.15) is 4.98 Å². The predicted molar refractivity (Wildman–Crippen MR) is 99.8 cm³/mol. The van der Waals surface area contributed by atoms with Crippen LogP contribution in [-0.2, 0) is 10.0 Å². The molecule has 1 aromatic heterocycles. The second kappa shape index (κ2) is 6.66. The highest BCUT2D eigenvalue weighted by atomic mass is 32.2. The molecule has 0 fully saturated rings. The maximum Gasteiger partial charge on any atom is 0.241 e. The number of sulfonamides is 1. The maximum atomic E-state index is 12.5. The molecule has 0 spiro atoms. The summed E-state index contributed by atoms with van der Waals surface area (Å²) in [6, 6.07) is 12.4. The molecule has 0 amide bonds. The third-order valence-electron chi connectivity index (χ3n) is 3.77. The number of fused-ring (bicyclic) bond motifs is 1.